The molecule has 0 radical (unpaired) electrons. The highest BCUT2D eigenvalue weighted by Gasteiger charge is 2.25. The number of carboxylic acid groups (broad SMARTS) is 1. The second-order valence-corrected chi connectivity index (χ2v) is 5.83. The maximum Gasteiger partial charge on any atom is 0.303 e. The van der Waals surface area contributed by atoms with Gasteiger partial charge in [0.2, 0.25) is 0 Å². The number of nitrogens with zero attached hydrogens (tertiary/aromatic N) is 1. The molecule has 5 nitrogen and oxygen atoms in total. The van der Waals surface area contributed by atoms with Crippen molar-refractivity contribution in [2.45, 2.75) is 38.6 Å². The van der Waals surface area contributed by atoms with Crippen LogP contribution < -0.4 is 0 Å². The zero-order chi connectivity index (χ0) is 15.4. The molecule has 0 bridgehead atoms. The van der Waals surface area contributed by atoms with E-state index in [1.54, 1.807) is 12.1 Å². The minimum absolute atomic E-state index is 0.0656. The Hall–Kier alpha value is -1.75. The Bertz CT molecular complexity index is 495. The molecule has 21 heavy (non-hydrogen) atoms. The molecule has 1 heterocycles. The van der Waals surface area contributed by atoms with E-state index in [0.29, 0.717) is 5.92 Å². The van der Waals surface area contributed by atoms with E-state index >= 15 is 0 Å². The standard InChI is InChI=1S/C16H23NO4/c1-11(14-4-3-13(18)10-15(14)19)17-8-6-12(7-9-17)2-5-16(20)21/h3-4,10-12,18-19H,2,5-9H2,1H3,(H,20,21). The summed E-state index contributed by atoms with van der Waals surface area (Å²) in [5.74, 6) is -0.0518. The molecule has 0 aromatic heterocycles. The highest BCUT2D eigenvalue weighted by molar-refractivity contribution is 5.66. The summed E-state index contributed by atoms with van der Waals surface area (Å²) in [4.78, 5) is 12.9. The summed E-state index contributed by atoms with van der Waals surface area (Å²) in [6, 6.07) is 4.80. The lowest BCUT2D eigenvalue weighted by Gasteiger charge is -2.36. The first-order valence-corrected chi connectivity index (χ1v) is 7.45. The van der Waals surface area contributed by atoms with E-state index < -0.39 is 5.97 Å². The number of carboxylic acids is 1. The van der Waals surface area contributed by atoms with E-state index in [9.17, 15) is 15.0 Å². The predicted octanol–water partition coefficient (Wildman–Crippen LogP) is 2.74. The van der Waals surface area contributed by atoms with Crippen LogP contribution in [-0.2, 0) is 4.79 Å². The molecule has 0 amide bonds. The third kappa shape index (κ3) is 4.11. The number of carbonyl (C=O) groups is 1. The van der Waals surface area contributed by atoms with Crippen molar-refractivity contribution in [1.82, 2.24) is 4.90 Å². The lowest BCUT2D eigenvalue weighted by molar-refractivity contribution is -0.137. The summed E-state index contributed by atoms with van der Waals surface area (Å²) in [5.41, 5.74) is 0.816. The zero-order valence-electron chi connectivity index (χ0n) is 12.3. The van der Waals surface area contributed by atoms with Crippen molar-refractivity contribution < 1.29 is 20.1 Å². The van der Waals surface area contributed by atoms with Gasteiger partial charge in [-0.3, -0.25) is 9.69 Å². The fourth-order valence-electron chi connectivity index (χ4n) is 3.04. The van der Waals surface area contributed by atoms with Gasteiger partial charge in [0, 0.05) is 24.1 Å². The quantitative estimate of drug-likeness (QED) is 0.777. The summed E-state index contributed by atoms with van der Waals surface area (Å²) in [7, 11) is 0. The Morgan fingerprint density at radius 2 is 2.00 bits per heavy atom. The van der Waals surface area contributed by atoms with E-state index in [4.69, 9.17) is 5.11 Å². The van der Waals surface area contributed by atoms with Crippen LogP contribution in [0.25, 0.3) is 0 Å². The van der Waals surface area contributed by atoms with Crippen molar-refractivity contribution >= 4 is 5.97 Å². The van der Waals surface area contributed by atoms with E-state index in [1.807, 2.05) is 6.92 Å². The average molecular weight is 293 g/mol. The Morgan fingerprint density at radius 1 is 1.33 bits per heavy atom. The zero-order valence-corrected chi connectivity index (χ0v) is 12.3. The van der Waals surface area contributed by atoms with Crippen LogP contribution in [0, 0.1) is 5.92 Å². The van der Waals surface area contributed by atoms with E-state index in [0.717, 1.165) is 37.9 Å². The van der Waals surface area contributed by atoms with Crippen LogP contribution in [0.1, 0.15) is 44.2 Å². The minimum Gasteiger partial charge on any atom is -0.508 e. The first kappa shape index (κ1) is 15.6. The number of phenolic OH excluding ortho intramolecular Hbond substituents is 2. The molecule has 0 saturated carbocycles. The van der Waals surface area contributed by atoms with Crippen molar-refractivity contribution in [3.63, 3.8) is 0 Å². The predicted molar refractivity (Wildman–Crippen MR) is 79.4 cm³/mol. The summed E-state index contributed by atoms with van der Waals surface area (Å²) in [6.45, 7) is 3.86. The van der Waals surface area contributed by atoms with Crippen LogP contribution >= 0.6 is 0 Å². The van der Waals surface area contributed by atoms with Gasteiger partial charge >= 0.3 is 5.97 Å². The number of aromatic hydroxyl groups is 2. The second kappa shape index (κ2) is 6.80. The maximum absolute atomic E-state index is 10.6. The highest BCUT2D eigenvalue weighted by atomic mass is 16.4. The highest BCUT2D eigenvalue weighted by Crippen LogP contribution is 2.34. The van der Waals surface area contributed by atoms with Crippen molar-refractivity contribution in [2.75, 3.05) is 13.1 Å². The number of piperidine rings is 1. The first-order chi connectivity index (χ1) is 9.97. The molecule has 1 fully saturated rings. The first-order valence-electron chi connectivity index (χ1n) is 7.45. The van der Waals surface area contributed by atoms with Crippen molar-refractivity contribution in [2.24, 2.45) is 5.92 Å². The van der Waals surface area contributed by atoms with Gasteiger partial charge in [-0.1, -0.05) is 6.07 Å². The van der Waals surface area contributed by atoms with Gasteiger partial charge in [-0.05, 0) is 51.3 Å². The molecule has 1 atom stereocenters. The lowest BCUT2D eigenvalue weighted by atomic mass is 9.91. The third-order valence-corrected chi connectivity index (χ3v) is 4.43. The van der Waals surface area contributed by atoms with Crippen LogP contribution in [-0.4, -0.2) is 39.3 Å². The number of benzene rings is 1. The number of aliphatic carboxylic acids is 1. The minimum atomic E-state index is -0.722. The Balaban J connectivity index is 1.90. The topological polar surface area (TPSA) is 81.0 Å². The van der Waals surface area contributed by atoms with Gasteiger partial charge in [0.15, 0.2) is 0 Å². The van der Waals surface area contributed by atoms with Crippen LogP contribution in [0.15, 0.2) is 18.2 Å². The molecular formula is C16H23NO4. The summed E-state index contributed by atoms with van der Waals surface area (Å²) in [5, 5.41) is 28.0. The smallest absolute Gasteiger partial charge is 0.303 e. The Kier molecular flexibility index (Phi) is 5.07. The Morgan fingerprint density at radius 3 is 2.57 bits per heavy atom. The molecule has 1 aromatic rings. The van der Waals surface area contributed by atoms with Gasteiger partial charge in [0.25, 0.3) is 0 Å². The van der Waals surface area contributed by atoms with Crippen LogP contribution in [0.5, 0.6) is 11.5 Å². The molecular weight excluding hydrogens is 270 g/mol. The fraction of sp³-hybridized carbons (Fsp3) is 0.562. The van der Waals surface area contributed by atoms with Gasteiger partial charge in [-0.15, -0.1) is 0 Å². The molecule has 5 heteroatoms. The summed E-state index contributed by atoms with van der Waals surface area (Å²) >= 11 is 0. The maximum atomic E-state index is 10.6. The third-order valence-electron chi connectivity index (χ3n) is 4.43. The summed E-state index contributed by atoms with van der Waals surface area (Å²) in [6.07, 6.45) is 2.99. The molecule has 0 spiro atoms. The average Bonchev–Trinajstić information content (AvgIpc) is 2.45. The molecule has 1 unspecified atom stereocenters. The SMILES string of the molecule is CC(c1ccc(O)cc1O)N1CCC(CCC(=O)O)CC1. The molecule has 1 aliphatic heterocycles. The number of rotatable bonds is 5. The van der Waals surface area contributed by atoms with Crippen molar-refractivity contribution in [3.8, 4) is 11.5 Å². The van der Waals surface area contributed by atoms with Crippen molar-refractivity contribution in [1.29, 1.82) is 0 Å². The lowest BCUT2D eigenvalue weighted by Crippen LogP contribution is -2.35. The number of phenols is 2. The van der Waals surface area contributed by atoms with E-state index in [1.165, 1.54) is 6.07 Å². The van der Waals surface area contributed by atoms with Crippen LogP contribution in [0.3, 0.4) is 0 Å². The fourth-order valence-corrected chi connectivity index (χ4v) is 3.04. The molecule has 1 aliphatic rings. The van der Waals surface area contributed by atoms with Gasteiger partial charge in [0.05, 0.1) is 0 Å². The van der Waals surface area contributed by atoms with Crippen molar-refractivity contribution in [3.05, 3.63) is 23.8 Å². The molecule has 1 aromatic carbocycles. The largest absolute Gasteiger partial charge is 0.508 e. The summed E-state index contributed by atoms with van der Waals surface area (Å²) < 4.78 is 0. The van der Waals surface area contributed by atoms with Gasteiger partial charge in [-0.25, -0.2) is 0 Å². The molecule has 2 rings (SSSR count). The second-order valence-electron chi connectivity index (χ2n) is 5.83. The monoisotopic (exact) mass is 293 g/mol. The number of likely N-dealkylation sites (tertiary alicyclic amines) is 1. The molecule has 3 N–H and O–H groups in total. The van der Waals surface area contributed by atoms with Crippen LogP contribution in [0.4, 0.5) is 0 Å². The molecule has 0 aliphatic carbocycles. The normalized spacial score (nSPS) is 18.5. The van der Waals surface area contributed by atoms with Gasteiger partial charge in [-0.2, -0.15) is 0 Å². The number of hydrogen-bond acceptors (Lipinski definition) is 4. The van der Waals surface area contributed by atoms with E-state index in [-0.39, 0.29) is 24.0 Å². The van der Waals surface area contributed by atoms with Gasteiger partial charge in [0.1, 0.15) is 11.5 Å². The van der Waals surface area contributed by atoms with E-state index in [2.05, 4.69) is 4.90 Å². The Labute approximate surface area is 124 Å². The number of hydrogen-bond donors (Lipinski definition) is 3. The molecule has 116 valence electrons. The molecule has 1 saturated heterocycles. The van der Waals surface area contributed by atoms with Crippen LogP contribution in [0.2, 0.25) is 0 Å². The van der Waals surface area contributed by atoms with Gasteiger partial charge < -0.3 is 15.3 Å².